The smallest absolute Gasteiger partial charge is 0.726 e. The Bertz CT molecular complexity index is 1270. The molecule has 0 heterocycles. The summed E-state index contributed by atoms with van der Waals surface area (Å²) in [6, 6.07) is 4.55. The first-order valence-corrected chi connectivity index (χ1v) is 14.1. The molecule has 3 aliphatic carbocycles. The van der Waals surface area contributed by atoms with E-state index in [1.54, 1.807) is 13.0 Å². The minimum Gasteiger partial charge on any atom is -0.726 e. The Morgan fingerprint density at radius 1 is 0.889 bits per heavy atom. The summed E-state index contributed by atoms with van der Waals surface area (Å²) in [6.07, 6.45) is -0.831. The van der Waals surface area contributed by atoms with Gasteiger partial charge in [-0.25, -0.2) is 25.3 Å². The van der Waals surface area contributed by atoms with Crippen molar-refractivity contribution < 1.29 is 140 Å². The number of hydrogen-bond acceptors (Lipinski definition) is 12. The third-order valence-corrected chi connectivity index (χ3v) is 8.59. The zero-order valence-corrected chi connectivity index (χ0v) is 28.7. The van der Waals surface area contributed by atoms with E-state index in [0.29, 0.717) is 25.7 Å². The van der Waals surface area contributed by atoms with Gasteiger partial charge in [0.05, 0.1) is 0 Å². The van der Waals surface area contributed by atoms with E-state index in [1.807, 2.05) is 0 Å². The Morgan fingerprint density at radius 2 is 1.50 bits per heavy atom. The zero-order valence-electron chi connectivity index (χ0n) is 20.3. The summed E-state index contributed by atoms with van der Waals surface area (Å²) < 4.78 is 114. The van der Waals surface area contributed by atoms with Crippen LogP contribution in [0.5, 0.6) is 5.75 Å². The van der Waals surface area contributed by atoms with Gasteiger partial charge in [-0.15, -0.1) is 0 Å². The molecule has 12 nitrogen and oxygen atoms in total. The van der Waals surface area contributed by atoms with Gasteiger partial charge in [-0.2, -0.15) is 0 Å². The monoisotopic (exact) mass is 594 g/mol. The fourth-order valence-corrected chi connectivity index (χ4v) is 7.63. The van der Waals surface area contributed by atoms with Gasteiger partial charge >= 0.3 is 88.7 Å². The van der Waals surface area contributed by atoms with Crippen molar-refractivity contribution in [1.82, 2.24) is 0 Å². The van der Waals surface area contributed by atoms with Crippen LogP contribution in [0.4, 0.5) is 0 Å². The van der Waals surface area contributed by atoms with Crippen LogP contribution in [0.25, 0.3) is 0 Å². The van der Waals surface area contributed by atoms with Gasteiger partial charge in [0.15, 0.2) is 0 Å². The molecule has 2 saturated carbocycles. The SMILES string of the molecule is CC12CCC3c4ccc(OS(=O)(=O)[O-])cc4CCC3C1CC(OS(=O)(=O)[O-])C2OS(=O)(=O)[O-].[Na+].[Na+].[Na+]. The van der Waals surface area contributed by atoms with E-state index in [4.69, 9.17) is 4.18 Å². The van der Waals surface area contributed by atoms with Crippen molar-refractivity contribution in [3.63, 3.8) is 0 Å². The van der Waals surface area contributed by atoms with Gasteiger partial charge in [0.2, 0.25) is 20.8 Å². The molecule has 6 unspecified atom stereocenters. The molecule has 1 aromatic rings. The summed E-state index contributed by atoms with van der Waals surface area (Å²) in [7, 11) is -15.3. The molecular weight excluding hydrogens is 573 g/mol. The number of aryl methyl sites for hydroxylation is 1. The van der Waals surface area contributed by atoms with Crippen LogP contribution >= 0.6 is 0 Å². The van der Waals surface area contributed by atoms with Crippen molar-refractivity contribution in [3.8, 4) is 5.75 Å². The average Bonchev–Trinajstić information content (AvgIpc) is 2.89. The van der Waals surface area contributed by atoms with Crippen LogP contribution in [0.15, 0.2) is 18.2 Å². The van der Waals surface area contributed by atoms with Crippen molar-refractivity contribution in [2.45, 2.75) is 57.2 Å². The minimum absolute atomic E-state index is 0. The van der Waals surface area contributed by atoms with Crippen LogP contribution in [0.3, 0.4) is 0 Å². The second kappa shape index (κ2) is 12.7. The van der Waals surface area contributed by atoms with E-state index in [0.717, 1.165) is 11.1 Å². The molecule has 0 N–H and O–H groups in total. The Balaban J connectivity index is 0.00000216. The quantitative estimate of drug-likeness (QED) is 0.171. The maximum atomic E-state index is 11.4. The number of hydrogen-bond donors (Lipinski definition) is 0. The van der Waals surface area contributed by atoms with E-state index >= 15 is 0 Å². The molecule has 3 aliphatic rings. The fourth-order valence-electron chi connectivity index (χ4n) is 6.21. The molecule has 6 atom stereocenters. The van der Waals surface area contributed by atoms with Gasteiger partial charge in [-0.3, -0.25) is 8.37 Å². The van der Waals surface area contributed by atoms with E-state index in [2.05, 4.69) is 8.37 Å². The topological polar surface area (TPSA) is 199 Å². The van der Waals surface area contributed by atoms with E-state index in [-0.39, 0.29) is 119 Å². The van der Waals surface area contributed by atoms with Crippen LogP contribution in [-0.4, -0.2) is 51.1 Å². The van der Waals surface area contributed by atoms with E-state index < -0.39 is 48.8 Å². The number of fused-ring (bicyclic) bond motifs is 5. The van der Waals surface area contributed by atoms with Gasteiger partial charge in [0.1, 0.15) is 18.0 Å². The predicted molar refractivity (Wildman–Crippen MR) is 106 cm³/mol. The summed E-state index contributed by atoms with van der Waals surface area (Å²) in [5.41, 5.74) is 0.799. The molecule has 186 valence electrons. The standard InChI is InChI=1S/C18H24O12S3.3Na/c1-18-7-6-13-12-5-3-11(28-31(19,20)21)8-10(12)2-4-14(13)15(18)9-16(29-32(22,23)24)17(18)30-33(25,26)27;;;/h3,5,8,13-17H,2,4,6-7,9H2,1H3,(H,19,20,21)(H,22,23,24)(H,25,26,27);;;/q;3*+1/p-3. The Hall–Kier alpha value is 1.67. The zero-order chi connectivity index (χ0) is 24.4. The number of benzene rings is 1. The summed E-state index contributed by atoms with van der Waals surface area (Å²) in [5.74, 6) is -0.487. The van der Waals surface area contributed by atoms with E-state index in [1.165, 1.54) is 12.1 Å². The molecule has 0 saturated heterocycles. The first-order chi connectivity index (χ1) is 15.1. The molecule has 0 aliphatic heterocycles. The Morgan fingerprint density at radius 3 is 2.06 bits per heavy atom. The van der Waals surface area contributed by atoms with Gasteiger partial charge in [0.25, 0.3) is 10.4 Å². The van der Waals surface area contributed by atoms with Crippen molar-refractivity contribution in [2.24, 2.45) is 17.3 Å². The average molecular weight is 595 g/mol. The first kappa shape index (κ1) is 35.7. The molecule has 1 aromatic carbocycles. The molecule has 18 heteroatoms. The molecule has 36 heavy (non-hydrogen) atoms. The molecule has 0 radical (unpaired) electrons. The molecular formula is C18H21Na3O12S3. The van der Waals surface area contributed by atoms with Crippen LogP contribution < -0.4 is 92.9 Å². The Kier molecular flexibility index (Phi) is 12.6. The van der Waals surface area contributed by atoms with Crippen molar-refractivity contribution in [1.29, 1.82) is 0 Å². The maximum absolute atomic E-state index is 11.4. The van der Waals surface area contributed by atoms with Gasteiger partial charge < -0.3 is 17.8 Å². The summed E-state index contributed by atoms with van der Waals surface area (Å²) in [6.45, 7) is 1.70. The summed E-state index contributed by atoms with van der Waals surface area (Å²) >= 11 is 0. The molecule has 4 rings (SSSR count). The van der Waals surface area contributed by atoms with Crippen molar-refractivity contribution >= 4 is 31.2 Å². The van der Waals surface area contributed by atoms with Crippen LogP contribution in [0, 0.1) is 17.3 Å². The Labute approximate surface area is 277 Å². The summed E-state index contributed by atoms with van der Waals surface area (Å²) in [4.78, 5) is 0. The van der Waals surface area contributed by atoms with Gasteiger partial charge in [-0.05, 0) is 73.1 Å². The van der Waals surface area contributed by atoms with Gasteiger partial charge in [-0.1, -0.05) is 13.0 Å². The van der Waals surface area contributed by atoms with E-state index in [9.17, 15) is 38.9 Å². The second-order valence-corrected chi connectivity index (χ2v) is 12.0. The number of rotatable bonds is 6. The van der Waals surface area contributed by atoms with Crippen LogP contribution in [0.2, 0.25) is 0 Å². The fraction of sp³-hybridized carbons (Fsp3) is 0.667. The normalized spacial score (nSPS) is 31.4. The van der Waals surface area contributed by atoms with Crippen LogP contribution in [0.1, 0.15) is 49.7 Å². The van der Waals surface area contributed by atoms with Crippen molar-refractivity contribution in [2.75, 3.05) is 0 Å². The maximum Gasteiger partial charge on any atom is 1.00 e. The third kappa shape index (κ3) is 8.12. The summed E-state index contributed by atoms with van der Waals surface area (Å²) in [5, 5.41) is 0. The van der Waals surface area contributed by atoms with Crippen molar-refractivity contribution in [3.05, 3.63) is 29.3 Å². The van der Waals surface area contributed by atoms with Crippen LogP contribution in [-0.2, 0) is 46.0 Å². The molecule has 0 amide bonds. The second-order valence-electron chi connectivity index (χ2n) is 9.02. The predicted octanol–water partition coefficient (Wildman–Crippen LogP) is -8.31. The third-order valence-electron chi connectivity index (χ3n) is 7.27. The first-order valence-electron chi connectivity index (χ1n) is 10.1. The molecule has 0 aromatic heterocycles. The molecule has 0 bridgehead atoms. The molecule has 2 fully saturated rings. The minimum atomic E-state index is -5.20. The largest absolute Gasteiger partial charge is 1.00 e. The molecule has 0 spiro atoms. The van der Waals surface area contributed by atoms with Gasteiger partial charge in [0, 0.05) is 5.41 Å².